The normalized spacial score (nSPS) is 11.4. The molecule has 8 aromatic rings. The van der Waals surface area contributed by atoms with Gasteiger partial charge in [-0.2, -0.15) is 0 Å². The first-order chi connectivity index (χ1) is 22.9. The molecular weight excluding hydrogens is 588 g/mol. The lowest BCUT2D eigenvalue weighted by molar-refractivity contribution is 0.329. The zero-order valence-corrected chi connectivity index (χ0v) is 24.9. The Morgan fingerprint density at radius 3 is 1.47 bits per heavy atom. The minimum absolute atomic E-state index is 0.280. The van der Waals surface area contributed by atoms with Crippen molar-refractivity contribution in [1.82, 2.24) is 4.57 Å². The van der Waals surface area contributed by atoms with Gasteiger partial charge in [0.05, 0.1) is 16.7 Å². The lowest BCUT2D eigenvalue weighted by Crippen LogP contribution is -2.11. The van der Waals surface area contributed by atoms with Crippen molar-refractivity contribution in [2.45, 2.75) is 0 Å². The van der Waals surface area contributed by atoms with Gasteiger partial charge in [-0.05, 0) is 59.0 Å². The molecule has 7 nitrogen and oxygen atoms in total. The molecule has 0 fully saturated rings. The largest absolute Gasteiger partial charge is 0.503 e. The Labute approximate surface area is 269 Å². The topological polar surface area (TPSA) is 109 Å². The summed E-state index contributed by atoms with van der Waals surface area (Å²) in [4.78, 5) is 1.54. The van der Waals surface area contributed by atoms with Crippen LogP contribution in [0.4, 0.5) is 17.1 Å². The van der Waals surface area contributed by atoms with E-state index < -0.39 is 28.7 Å². The molecule has 8 rings (SSSR count). The number of para-hydroxylation sites is 2. The molecule has 0 aliphatic carbocycles. The van der Waals surface area contributed by atoms with Crippen LogP contribution in [0.15, 0.2) is 140 Å². The Kier molecular flexibility index (Phi) is 6.40. The SMILES string of the molecule is Oc1c(O)c(O)c(N(c2ccc(-c3ccc(-n4c5ccccc5c5ccccc54)cc3)cc2)c2cccc3ccccc23)c(O)c1O. The second-order valence-electron chi connectivity index (χ2n) is 11.4. The molecule has 0 unspecified atom stereocenters. The number of fused-ring (bicyclic) bond motifs is 4. The van der Waals surface area contributed by atoms with E-state index in [1.54, 1.807) is 4.90 Å². The van der Waals surface area contributed by atoms with Gasteiger partial charge in [0, 0.05) is 27.5 Å². The quantitative estimate of drug-likeness (QED) is 0.0973. The summed E-state index contributed by atoms with van der Waals surface area (Å²) < 4.78 is 2.26. The summed E-state index contributed by atoms with van der Waals surface area (Å²) in [5.74, 6) is -4.46. The van der Waals surface area contributed by atoms with Gasteiger partial charge in [-0.3, -0.25) is 0 Å². The van der Waals surface area contributed by atoms with Crippen LogP contribution in [0.2, 0.25) is 0 Å². The number of hydrogen-bond acceptors (Lipinski definition) is 6. The number of anilines is 3. The molecule has 1 aromatic heterocycles. The molecule has 0 spiro atoms. The molecule has 0 aliphatic heterocycles. The zero-order chi connectivity index (χ0) is 32.2. The summed E-state index contributed by atoms with van der Waals surface area (Å²) in [6.07, 6.45) is 0. The number of phenolic OH excluding ortho intramolecular Hbond substituents is 5. The predicted molar refractivity (Wildman–Crippen MR) is 187 cm³/mol. The third kappa shape index (κ3) is 4.36. The van der Waals surface area contributed by atoms with E-state index in [9.17, 15) is 25.5 Å². The monoisotopic (exact) mass is 616 g/mol. The maximum absolute atomic E-state index is 11.0. The fourth-order valence-electron chi connectivity index (χ4n) is 6.48. The van der Waals surface area contributed by atoms with Gasteiger partial charge in [-0.1, -0.05) is 97.1 Å². The third-order valence-electron chi connectivity index (χ3n) is 8.74. The minimum atomic E-state index is -1.01. The minimum Gasteiger partial charge on any atom is -0.503 e. The lowest BCUT2D eigenvalue weighted by Gasteiger charge is -2.28. The molecule has 0 saturated carbocycles. The van der Waals surface area contributed by atoms with E-state index in [2.05, 4.69) is 77.4 Å². The summed E-state index contributed by atoms with van der Waals surface area (Å²) in [5, 5.41) is 57.1. The standard InChI is InChI=1S/C40H28N2O5/c43-36-35(37(44)39(46)40(47)38(36)45)42(32-15-7-9-26-8-1-2-10-29(26)32)28-22-18-25(19-23-28)24-16-20-27(21-17-24)41-33-13-5-3-11-30(33)31-12-4-6-14-34(31)41/h1-23,43-47H. The third-order valence-corrected chi connectivity index (χ3v) is 8.74. The zero-order valence-electron chi connectivity index (χ0n) is 24.9. The first-order valence-electron chi connectivity index (χ1n) is 15.1. The van der Waals surface area contributed by atoms with Gasteiger partial charge in [0.2, 0.25) is 17.2 Å². The van der Waals surface area contributed by atoms with Crippen molar-refractivity contribution in [2.75, 3.05) is 4.90 Å². The van der Waals surface area contributed by atoms with Crippen LogP contribution in [0.1, 0.15) is 0 Å². The highest BCUT2D eigenvalue weighted by atomic mass is 16.4. The average molecular weight is 617 g/mol. The van der Waals surface area contributed by atoms with Crippen LogP contribution in [0.3, 0.4) is 0 Å². The summed E-state index contributed by atoms with van der Waals surface area (Å²) in [5.41, 5.74) is 6.06. The molecule has 0 bridgehead atoms. The molecule has 1 heterocycles. The number of aromatic hydroxyl groups is 5. The number of aromatic nitrogens is 1. The van der Waals surface area contributed by atoms with Gasteiger partial charge < -0.3 is 35.0 Å². The van der Waals surface area contributed by atoms with E-state index in [0.29, 0.717) is 11.4 Å². The fraction of sp³-hybridized carbons (Fsp3) is 0. The molecule has 47 heavy (non-hydrogen) atoms. The van der Waals surface area contributed by atoms with Crippen LogP contribution in [0, 0.1) is 0 Å². The first kappa shape index (κ1) is 27.9. The van der Waals surface area contributed by atoms with Crippen molar-refractivity contribution in [3.8, 4) is 45.6 Å². The molecule has 7 heteroatoms. The first-order valence-corrected chi connectivity index (χ1v) is 15.1. The summed E-state index contributed by atoms with van der Waals surface area (Å²) in [6.45, 7) is 0. The van der Waals surface area contributed by atoms with Gasteiger partial charge in [0.15, 0.2) is 11.5 Å². The molecule has 0 atom stereocenters. The highest BCUT2D eigenvalue weighted by Crippen LogP contribution is 2.58. The molecule has 5 N–H and O–H groups in total. The van der Waals surface area contributed by atoms with E-state index >= 15 is 0 Å². The van der Waals surface area contributed by atoms with Gasteiger partial charge >= 0.3 is 0 Å². The van der Waals surface area contributed by atoms with Crippen LogP contribution in [-0.2, 0) is 0 Å². The predicted octanol–water partition coefficient (Wildman–Crippen LogP) is 9.60. The number of hydrogen-bond donors (Lipinski definition) is 5. The van der Waals surface area contributed by atoms with Crippen LogP contribution in [0.25, 0.3) is 49.4 Å². The molecule has 0 radical (unpaired) electrons. The average Bonchev–Trinajstić information content (AvgIpc) is 3.46. The van der Waals surface area contributed by atoms with Gasteiger partial charge in [0.25, 0.3) is 0 Å². The maximum atomic E-state index is 11.0. The summed E-state index contributed by atoms with van der Waals surface area (Å²) in [6, 6.07) is 45.8. The highest BCUT2D eigenvalue weighted by molar-refractivity contribution is 6.09. The Bertz CT molecular complexity index is 2380. The Morgan fingerprint density at radius 1 is 0.404 bits per heavy atom. The molecule has 7 aromatic carbocycles. The van der Waals surface area contributed by atoms with E-state index in [1.165, 1.54) is 10.8 Å². The molecule has 228 valence electrons. The molecular formula is C40H28N2O5. The Hall–Kier alpha value is -6.60. The van der Waals surface area contributed by atoms with Crippen molar-refractivity contribution < 1.29 is 25.5 Å². The van der Waals surface area contributed by atoms with Crippen molar-refractivity contribution in [3.05, 3.63) is 140 Å². The molecule has 0 saturated heterocycles. The fourth-order valence-corrected chi connectivity index (χ4v) is 6.48. The van der Waals surface area contributed by atoms with Gasteiger partial charge in [0.1, 0.15) is 5.69 Å². The van der Waals surface area contributed by atoms with E-state index in [4.69, 9.17) is 0 Å². The van der Waals surface area contributed by atoms with Crippen molar-refractivity contribution in [3.63, 3.8) is 0 Å². The maximum Gasteiger partial charge on any atom is 0.208 e. The van der Waals surface area contributed by atoms with Gasteiger partial charge in [-0.15, -0.1) is 0 Å². The van der Waals surface area contributed by atoms with Gasteiger partial charge in [-0.25, -0.2) is 0 Å². The van der Waals surface area contributed by atoms with Crippen LogP contribution in [0.5, 0.6) is 28.7 Å². The number of rotatable bonds is 5. The van der Waals surface area contributed by atoms with E-state index in [1.807, 2.05) is 66.7 Å². The summed E-state index contributed by atoms with van der Waals surface area (Å²) >= 11 is 0. The smallest absolute Gasteiger partial charge is 0.208 e. The number of nitrogens with zero attached hydrogens (tertiary/aromatic N) is 2. The van der Waals surface area contributed by atoms with Crippen molar-refractivity contribution >= 4 is 49.6 Å². The summed E-state index contributed by atoms with van der Waals surface area (Å²) in [7, 11) is 0. The number of benzene rings is 7. The van der Waals surface area contributed by atoms with E-state index in [-0.39, 0.29) is 5.69 Å². The highest BCUT2D eigenvalue weighted by Gasteiger charge is 2.29. The van der Waals surface area contributed by atoms with Crippen molar-refractivity contribution in [2.24, 2.45) is 0 Å². The Morgan fingerprint density at radius 2 is 0.872 bits per heavy atom. The van der Waals surface area contributed by atoms with Crippen LogP contribution in [-0.4, -0.2) is 30.1 Å². The lowest BCUT2D eigenvalue weighted by atomic mass is 10.0. The second kappa shape index (κ2) is 10.8. The van der Waals surface area contributed by atoms with Crippen LogP contribution >= 0.6 is 0 Å². The number of phenols is 5. The molecule has 0 aliphatic rings. The van der Waals surface area contributed by atoms with E-state index in [0.717, 1.165) is 38.6 Å². The van der Waals surface area contributed by atoms with Crippen molar-refractivity contribution in [1.29, 1.82) is 0 Å². The Balaban J connectivity index is 1.23. The molecule has 0 amide bonds. The second-order valence-corrected chi connectivity index (χ2v) is 11.4. The van der Waals surface area contributed by atoms with Crippen LogP contribution < -0.4 is 4.90 Å².